The quantitative estimate of drug-likeness (QED) is 0.339. The van der Waals surface area contributed by atoms with E-state index in [0.29, 0.717) is 25.1 Å². The Morgan fingerprint density at radius 2 is 1.71 bits per heavy atom. The van der Waals surface area contributed by atoms with Crippen LogP contribution in [0.15, 0.2) is 66.7 Å². The molecule has 6 heteroatoms. The van der Waals surface area contributed by atoms with Gasteiger partial charge in [0.25, 0.3) is 0 Å². The van der Waals surface area contributed by atoms with Crippen LogP contribution in [0, 0.1) is 12.3 Å². The number of anilines is 1. The van der Waals surface area contributed by atoms with Crippen molar-refractivity contribution in [2.24, 2.45) is 5.41 Å². The average molecular weight is 473 g/mol. The zero-order valence-corrected chi connectivity index (χ0v) is 20.5. The summed E-state index contributed by atoms with van der Waals surface area (Å²) in [5.41, 5.74) is 3.27. The number of pyridine rings is 1. The molecule has 0 unspecified atom stereocenters. The number of ether oxygens (including phenoxy) is 1. The van der Waals surface area contributed by atoms with Crippen molar-refractivity contribution >= 4 is 29.7 Å². The van der Waals surface area contributed by atoms with Gasteiger partial charge in [0, 0.05) is 12.1 Å². The van der Waals surface area contributed by atoms with E-state index in [0.717, 1.165) is 22.7 Å². The van der Waals surface area contributed by atoms with Gasteiger partial charge < -0.3 is 15.2 Å². The van der Waals surface area contributed by atoms with Crippen LogP contribution in [0.4, 0.5) is 5.69 Å². The molecule has 0 saturated heterocycles. The second kappa shape index (κ2) is 12.0. The topological polar surface area (TPSA) is 88.5 Å². The van der Waals surface area contributed by atoms with Gasteiger partial charge in [-0.3, -0.25) is 9.59 Å². The number of carboxylic acid groups (broad SMARTS) is 1. The zero-order chi connectivity index (χ0) is 25.3. The fourth-order valence-corrected chi connectivity index (χ4v) is 3.76. The van der Waals surface area contributed by atoms with Gasteiger partial charge in [-0.05, 0) is 67.8 Å². The van der Waals surface area contributed by atoms with E-state index in [4.69, 9.17) is 4.74 Å². The molecule has 2 N–H and O–H groups in total. The van der Waals surface area contributed by atoms with Gasteiger partial charge in [0.1, 0.15) is 12.4 Å². The molecular formula is C29H32N2O4. The van der Waals surface area contributed by atoms with Crippen LogP contribution in [0.1, 0.15) is 55.6 Å². The summed E-state index contributed by atoms with van der Waals surface area (Å²) in [5.74, 6) is -0.441. The number of nitrogens with zero attached hydrogens (tertiary/aromatic N) is 1. The molecule has 0 aliphatic carbocycles. The number of aliphatic carboxylic acids is 1. The van der Waals surface area contributed by atoms with Gasteiger partial charge in [0.05, 0.1) is 16.8 Å². The minimum atomic E-state index is -1.04. The number of aryl methyl sites for hydroxylation is 1. The summed E-state index contributed by atoms with van der Waals surface area (Å²) in [5, 5.41) is 12.4. The van der Waals surface area contributed by atoms with Crippen LogP contribution in [0.25, 0.3) is 12.2 Å². The molecule has 35 heavy (non-hydrogen) atoms. The molecule has 0 fully saturated rings. The minimum absolute atomic E-state index is 0.0588. The lowest BCUT2D eigenvalue weighted by atomic mass is 9.79. The molecule has 6 nitrogen and oxygen atoms in total. The largest absolute Gasteiger partial charge is 0.487 e. The first kappa shape index (κ1) is 25.7. The highest BCUT2D eigenvalue weighted by Gasteiger charge is 2.37. The molecule has 0 radical (unpaired) electrons. The molecule has 1 amide bonds. The Bertz CT molecular complexity index is 1180. The van der Waals surface area contributed by atoms with Crippen LogP contribution in [0.3, 0.4) is 0 Å². The summed E-state index contributed by atoms with van der Waals surface area (Å²) in [7, 11) is 0. The summed E-state index contributed by atoms with van der Waals surface area (Å²) in [6.07, 6.45) is 4.56. The van der Waals surface area contributed by atoms with Crippen LogP contribution >= 0.6 is 0 Å². The molecule has 0 aliphatic heterocycles. The summed E-state index contributed by atoms with van der Waals surface area (Å²) in [6.45, 7) is 6.01. The summed E-state index contributed by atoms with van der Waals surface area (Å²) < 4.78 is 5.82. The van der Waals surface area contributed by atoms with E-state index in [1.54, 1.807) is 19.9 Å². The molecule has 3 aromatic rings. The molecule has 0 spiro atoms. The number of rotatable bonds is 11. The van der Waals surface area contributed by atoms with Crippen LogP contribution < -0.4 is 10.1 Å². The highest BCUT2D eigenvalue weighted by atomic mass is 16.5. The SMILES string of the molecule is CCC(CC)(CC(=O)Nc1cccc(/C=C\c2cccc(COc3ccc(C)cc3)n2)c1)C(=O)O. The van der Waals surface area contributed by atoms with Crippen LogP contribution in [0.5, 0.6) is 5.75 Å². The van der Waals surface area contributed by atoms with Gasteiger partial charge in [0.2, 0.25) is 5.91 Å². The van der Waals surface area contributed by atoms with Crippen molar-refractivity contribution in [1.82, 2.24) is 4.98 Å². The number of aromatic nitrogens is 1. The summed E-state index contributed by atoms with van der Waals surface area (Å²) >= 11 is 0. The standard InChI is InChI=1S/C29H32N2O4/c1-4-29(5-2,28(33)34)19-27(32)31-24-10-6-8-22(18-24)14-15-23-9-7-11-25(30-23)20-35-26-16-12-21(3)13-17-26/h6-18H,4-5,19-20H2,1-3H3,(H,31,32)(H,33,34)/b15-14-. The van der Waals surface area contributed by atoms with E-state index in [1.807, 2.05) is 79.7 Å². The van der Waals surface area contributed by atoms with E-state index >= 15 is 0 Å². The molecule has 3 rings (SSSR count). The molecule has 0 aliphatic rings. The Morgan fingerprint density at radius 1 is 1.00 bits per heavy atom. The van der Waals surface area contributed by atoms with Crippen LogP contribution in [-0.4, -0.2) is 22.0 Å². The third-order valence-electron chi connectivity index (χ3n) is 6.16. The van der Waals surface area contributed by atoms with Gasteiger partial charge in [0.15, 0.2) is 0 Å². The molecule has 1 aromatic heterocycles. The van der Waals surface area contributed by atoms with Crippen molar-refractivity contribution < 1.29 is 19.4 Å². The first-order valence-electron chi connectivity index (χ1n) is 11.8. The minimum Gasteiger partial charge on any atom is -0.487 e. The second-order valence-corrected chi connectivity index (χ2v) is 8.63. The molecule has 1 heterocycles. The van der Waals surface area contributed by atoms with E-state index in [9.17, 15) is 14.7 Å². The van der Waals surface area contributed by atoms with E-state index < -0.39 is 11.4 Å². The third-order valence-corrected chi connectivity index (χ3v) is 6.16. The molecule has 0 atom stereocenters. The van der Waals surface area contributed by atoms with Gasteiger partial charge in [-0.15, -0.1) is 0 Å². The van der Waals surface area contributed by atoms with Crippen molar-refractivity contribution in [3.05, 3.63) is 89.2 Å². The monoisotopic (exact) mass is 472 g/mol. The maximum absolute atomic E-state index is 12.5. The average Bonchev–Trinajstić information content (AvgIpc) is 2.86. The Labute approximate surface area is 206 Å². The number of carbonyl (C=O) groups excluding carboxylic acids is 1. The zero-order valence-electron chi connectivity index (χ0n) is 20.5. The number of amides is 1. The van der Waals surface area contributed by atoms with Crippen LogP contribution in [0.2, 0.25) is 0 Å². The van der Waals surface area contributed by atoms with Crippen molar-refractivity contribution in [2.45, 2.75) is 46.6 Å². The number of nitrogens with one attached hydrogen (secondary N) is 1. The summed E-state index contributed by atoms with van der Waals surface area (Å²) in [6, 6.07) is 21.1. The fraction of sp³-hybridized carbons (Fsp3) is 0.276. The Morgan fingerprint density at radius 3 is 2.40 bits per heavy atom. The molecule has 2 aromatic carbocycles. The van der Waals surface area contributed by atoms with Gasteiger partial charge >= 0.3 is 5.97 Å². The Kier molecular flexibility index (Phi) is 8.79. The fourth-order valence-electron chi connectivity index (χ4n) is 3.76. The first-order valence-corrected chi connectivity index (χ1v) is 11.8. The van der Waals surface area contributed by atoms with Gasteiger partial charge in [-0.1, -0.05) is 55.8 Å². The van der Waals surface area contributed by atoms with Gasteiger partial charge in [-0.25, -0.2) is 4.98 Å². The lowest BCUT2D eigenvalue weighted by Gasteiger charge is -2.25. The smallest absolute Gasteiger partial charge is 0.310 e. The Balaban J connectivity index is 1.63. The Hall–Kier alpha value is -3.93. The van der Waals surface area contributed by atoms with E-state index in [2.05, 4.69) is 10.3 Å². The number of benzene rings is 2. The first-order chi connectivity index (χ1) is 16.8. The highest BCUT2D eigenvalue weighted by Crippen LogP contribution is 2.31. The molecule has 0 saturated carbocycles. The number of hydrogen-bond donors (Lipinski definition) is 2. The third kappa shape index (κ3) is 7.27. The second-order valence-electron chi connectivity index (χ2n) is 8.63. The molecular weight excluding hydrogens is 440 g/mol. The van der Waals surface area contributed by atoms with Crippen molar-refractivity contribution in [3.63, 3.8) is 0 Å². The van der Waals surface area contributed by atoms with Crippen LogP contribution in [-0.2, 0) is 16.2 Å². The predicted octanol–water partition coefficient (Wildman–Crippen LogP) is 6.36. The lowest BCUT2D eigenvalue weighted by Crippen LogP contribution is -2.34. The highest BCUT2D eigenvalue weighted by molar-refractivity contribution is 5.94. The maximum atomic E-state index is 12.5. The van der Waals surface area contributed by atoms with Crippen molar-refractivity contribution in [1.29, 1.82) is 0 Å². The molecule has 0 bridgehead atoms. The predicted molar refractivity (Wildman–Crippen MR) is 139 cm³/mol. The number of carboxylic acids is 1. The summed E-state index contributed by atoms with van der Waals surface area (Å²) in [4.78, 5) is 28.9. The maximum Gasteiger partial charge on any atom is 0.310 e. The van der Waals surface area contributed by atoms with Gasteiger partial charge in [-0.2, -0.15) is 0 Å². The molecule has 182 valence electrons. The normalized spacial score (nSPS) is 11.4. The van der Waals surface area contributed by atoms with E-state index in [1.165, 1.54) is 5.56 Å². The number of hydrogen-bond acceptors (Lipinski definition) is 4. The van der Waals surface area contributed by atoms with Crippen molar-refractivity contribution in [2.75, 3.05) is 5.32 Å². The van der Waals surface area contributed by atoms with E-state index in [-0.39, 0.29) is 12.3 Å². The van der Waals surface area contributed by atoms with Crippen molar-refractivity contribution in [3.8, 4) is 5.75 Å². The lowest BCUT2D eigenvalue weighted by molar-refractivity contribution is -0.151. The number of carbonyl (C=O) groups is 2.